The van der Waals surface area contributed by atoms with Crippen LogP contribution >= 0.6 is 0 Å². The number of para-hydroxylation sites is 1. The third-order valence-electron chi connectivity index (χ3n) is 6.87. The minimum atomic E-state index is -0.531. The van der Waals surface area contributed by atoms with Gasteiger partial charge in [-0.3, -0.25) is 14.2 Å². The molecular formula is C28H28FN3O3. The van der Waals surface area contributed by atoms with E-state index in [0.29, 0.717) is 28.2 Å². The zero-order chi connectivity index (χ0) is 24.4. The van der Waals surface area contributed by atoms with Gasteiger partial charge in [-0.15, -0.1) is 0 Å². The summed E-state index contributed by atoms with van der Waals surface area (Å²) in [6.45, 7) is 2.16. The second-order valence-corrected chi connectivity index (χ2v) is 9.16. The Hall–Kier alpha value is -3.74. The highest BCUT2D eigenvalue weighted by Gasteiger charge is 2.32. The maximum atomic E-state index is 13.8. The lowest BCUT2D eigenvalue weighted by atomic mass is 9.88. The first-order valence-electron chi connectivity index (χ1n) is 12.1. The molecular weight excluding hydrogens is 445 g/mol. The van der Waals surface area contributed by atoms with Crippen molar-refractivity contribution in [3.8, 4) is 5.69 Å². The van der Waals surface area contributed by atoms with E-state index in [2.05, 4.69) is 0 Å². The Morgan fingerprint density at radius 3 is 2.54 bits per heavy atom. The van der Waals surface area contributed by atoms with Gasteiger partial charge in [-0.05, 0) is 68.3 Å². The van der Waals surface area contributed by atoms with Crippen LogP contribution in [0.3, 0.4) is 0 Å². The van der Waals surface area contributed by atoms with Crippen molar-refractivity contribution in [2.24, 2.45) is 5.92 Å². The molecule has 0 spiro atoms. The summed E-state index contributed by atoms with van der Waals surface area (Å²) in [5.41, 5.74) is 0.799. The van der Waals surface area contributed by atoms with Crippen molar-refractivity contribution >= 4 is 16.8 Å². The number of benzene rings is 2. The van der Waals surface area contributed by atoms with Gasteiger partial charge < -0.3 is 9.32 Å². The van der Waals surface area contributed by atoms with Gasteiger partial charge in [-0.2, -0.15) is 0 Å². The molecule has 1 unspecified atom stereocenters. The van der Waals surface area contributed by atoms with Crippen LogP contribution in [0, 0.1) is 11.7 Å². The van der Waals surface area contributed by atoms with Gasteiger partial charge in [0.25, 0.3) is 5.56 Å². The normalized spacial score (nSPS) is 15.3. The Kier molecular flexibility index (Phi) is 6.49. The van der Waals surface area contributed by atoms with Gasteiger partial charge in [-0.1, -0.05) is 31.4 Å². The third-order valence-corrected chi connectivity index (χ3v) is 6.87. The second-order valence-electron chi connectivity index (χ2n) is 9.16. The second kappa shape index (κ2) is 9.86. The molecule has 1 amide bonds. The third kappa shape index (κ3) is 4.63. The average molecular weight is 474 g/mol. The van der Waals surface area contributed by atoms with Crippen LogP contribution in [0.5, 0.6) is 0 Å². The summed E-state index contributed by atoms with van der Waals surface area (Å²) in [5.74, 6) is 0.680. The minimum absolute atomic E-state index is 0.0432. The standard InChI is InChI=1S/C28H28FN3O3/c1-19(31(18-23-10-7-17-35-23)27(33)20-8-3-2-4-9-20)26-30-25-12-6-5-11-24(25)28(34)32(26)22-15-13-21(29)14-16-22/h5-7,10-17,19-20H,2-4,8-9,18H2,1H3. The van der Waals surface area contributed by atoms with Gasteiger partial charge in [0, 0.05) is 5.92 Å². The fourth-order valence-corrected chi connectivity index (χ4v) is 4.97. The van der Waals surface area contributed by atoms with Gasteiger partial charge in [-0.25, -0.2) is 9.37 Å². The fourth-order valence-electron chi connectivity index (χ4n) is 4.97. The number of nitrogens with zero attached hydrogens (tertiary/aromatic N) is 3. The number of hydrogen-bond donors (Lipinski definition) is 0. The number of aromatic nitrogens is 2. The van der Waals surface area contributed by atoms with E-state index in [9.17, 15) is 14.0 Å². The summed E-state index contributed by atoms with van der Waals surface area (Å²) in [4.78, 5) is 34.1. The SMILES string of the molecule is CC(c1nc2ccccc2c(=O)n1-c1ccc(F)cc1)N(Cc1ccco1)C(=O)C1CCCCC1. The zero-order valence-corrected chi connectivity index (χ0v) is 19.7. The van der Waals surface area contributed by atoms with Crippen molar-refractivity contribution in [2.45, 2.75) is 51.6 Å². The molecule has 2 aromatic carbocycles. The van der Waals surface area contributed by atoms with E-state index >= 15 is 0 Å². The van der Waals surface area contributed by atoms with E-state index in [1.165, 1.54) is 16.7 Å². The van der Waals surface area contributed by atoms with Crippen LogP contribution in [0.2, 0.25) is 0 Å². The molecule has 1 saturated carbocycles. The average Bonchev–Trinajstić information content (AvgIpc) is 3.41. The molecule has 0 aliphatic heterocycles. The minimum Gasteiger partial charge on any atom is -0.467 e. The molecule has 1 fully saturated rings. The molecule has 5 rings (SSSR count). The van der Waals surface area contributed by atoms with Crippen LogP contribution in [-0.4, -0.2) is 20.4 Å². The highest BCUT2D eigenvalue weighted by molar-refractivity contribution is 5.80. The molecule has 0 radical (unpaired) electrons. The van der Waals surface area contributed by atoms with Crippen molar-refractivity contribution in [3.05, 3.63) is 94.7 Å². The van der Waals surface area contributed by atoms with Crippen molar-refractivity contribution in [3.63, 3.8) is 0 Å². The topological polar surface area (TPSA) is 68.3 Å². The van der Waals surface area contributed by atoms with Crippen molar-refractivity contribution in [1.82, 2.24) is 14.5 Å². The van der Waals surface area contributed by atoms with Gasteiger partial charge in [0.2, 0.25) is 5.91 Å². The number of hydrogen-bond acceptors (Lipinski definition) is 4. The van der Waals surface area contributed by atoms with Gasteiger partial charge in [0.15, 0.2) is 0 Å². The van der Waals surface area contributed by atoms with E-state index in [4.69, 9.17) is 9.40 Å². The van der Waals surface area contributed by atoms with E-state index in [1.54, 1.807) is 47.6 Å². The largest absolute Gasteiger partial charge is 0.467 e. The monoisotopic (exact) mass is 473 g/mol. The summed E-state index contributed by atoms with van der Waals surface area (Å²) in [6, 6.07) is 16.0. The number of carbonyl (C=O) groups excluding carboxylic acids is 1. The lowest BCUT2D eigenvalue weighted by Crippen LogP contribution is -2.40. The van der Waals surface area contributed by atoms with Gasteiger partial charge in [0.05, 0.1) is 35.4 Å². The first-order chi connectivity index (χ1) is 17.0. The molecule has 0 N–H and O–H groups in total. The van der Waals surface area contributed by atoms with Crippen LogP contribution < -0.4 is 5.56 Å². The van der Waals surface area contributed by atoms with Crippen LogP contribution in [0.1, 0.15) is 56.7 Å². The molecule has 1 atom stereocenters. The first-order valence-corrected chi connectivity index (χ1v) is 12.1. The Labute approximate surface area is 203 Å². The van der Waals surface area contributed by atoms with E-state index < -0.39 is 11.9 Å². The molecule has 180 valence electrons. The zero-order valence-electron chi connectivity index (χ0n) is 19.7. The molecule has 2 aromatic heterocycles. The summed E-state index contributed by atoms with van der Waals surface area (Å²) >= 11 is 0. The molecule has 7 heteroatoms. The van der Waals surface area contributed by atoms with Gasteiger partial charge >= 0.3 is 0 Å². The predicted octanol–water partition coefficient (Wildman–Crippen LogP) is 5.79. The maximum Gasteiger partial charge on any atom is 0.266 e. The highest BCUT2D eigenvalue weighted by atomic mass is 19.1. The van der Waals surface area contributed by atoms with Crippen LogP contribution in [0.4, 0.5) is 4.39 Å². The van der Waals surface area contributed by atoms with E-state index in [-0.39, 0.29) is 23.9 Å². The number of halogens is 1. The smallest absolute Gasteiger partial charge is 0.266 e. The number of furan rings is 1. The maximum absolute atomic E-state index is 13.8. The van der Waals surface area contributed by atoms with Crippen molar-refractivity contribution in [2.75, 3.05) is 0 Å². The molecule has 6 nitrogen and oxygen atoms in total. The Balaban J connectivity index is 1.65. The molecule has 35 heavy (non-hydrogen) atoms. The Bertz CT molecular complexity index is 1370. The summed E-state index contributed by atoms with van der Waals surface area (Å²) in [7, 11) is 0. The lowest BCUT2D eigenvalue weighted by molar-refractivity contribution is -0.140. The lowest BCUT2D eigenvalue weighted by Gasteiger charge is -2.34. The molecule has 4 aromatic rings. The number of fused-ring (bicyclic) bond motifs is 1. The summed E-state index contributed by atoms with van der Waals surface area (Å²) < 4.78 is 20.8. The van der Waals surface area contributed by atoms with Crippen LogP contribution in [0.15, 0.2) is 76.1 Å². The molecule has 1 aliphatic carbocycles. The fraction of sp³-hybridized carbons (Fsp3) is 0.321. The van der Waals surface area contributed by atoms with Crippen molar-refractivity contribution in [1.29, 1.82) is 0 Å². The summed E-state index contributed by atoms with van der Waals surface area (Å²) in [5, 5.41) is 0.462. The first kappa shape index (κ1) is 23.0. The molecule has 2 heterocycles. The molecule has 0 bridgehead atoms. The van der Waals surface area contributed by atoms with Crippen molar-refractivity contribution < 1.29 is 13.6 Å². The number of amides is 1. The van der Waals surface area contributed by atoms with Crippen LogP contribution in [-0.2, 0) is 11.3 Å². The predicted molar refractivity (Wildman–Crippen MR) is 132 cm³/mol. The van der Waals surface area contributed by atoms with Gasteiger partial charge in [0.1, 0.15) is 17.4 Å². The van der Waals surface area contributed by atoms with E-state index in [0.717, 1.165) is 32.1 Å². The summed E-state index contributed by atoms with van der Waals surface area (Å²) in [6.07, 6.45) is 6.52. The number of rotatable bonds is 6. The Morgan fingerprint density at radius 2 is 1.83 bits per heavy atom. The number of carbonyl (C=O) groups is 1. The van der Waals surface area contributed by atoms with E-state index in [1.807, 2.05) is 19.1 Å². The molecule has 1 aliphatic rings. The Morgan fingerprint density at radius 1 is 1.09 bits per heavy atom. The quantitative estimate of drug-likeness (QED) is 0.356. The van der Waals surface area contributed by atoms with Crippen LogP contribution in [0.25, 0.3) is 16.6 Å². The molecule has 0 saturated heterocycles. The highest BCUT2D eigenvalue weighted by Crippen LogP contribution is 2.31.